The normalized spacial score (nSPS) is 10.2. The van der Waals surface area contributed by atoms with Crippen LogP contribution < -0.4 is 15.4 Å². The molecule has 2 N–H and O–H groups in total. The van der Waals surface area contributed by atoms with Crippen LogP contribution in [0.5, 0.6) is 5.75 Å². The lowest BCUT2D eigenvalue weighted by atomic mass is 10.1. The average molecular weight is 377 g/mol. The Morgan fingerprint density at radius 1 is 1.00 bits per heavy atom. The second-order valence-corrected chi connectivity index (χ2v) is 6.08. The lowest BCUT2D eigenvalue weighted by molar-refractivity contribution is 0.223. The number of hydrogen-bond acceptors (Lipinski definition) is 2. The van der Waals surface area contributed by atoms with Crippen LogP contribution in [0.25, 0.3) is 0 Å². The van der Waals surface area contributed by atoms with E-state index in [1.807, 2.05) is 48.5 Å². The van der Waals surface area contributed by atoms with Crippen molar-refractivity contribution in [2.24, 2.45) is 0 Å². The maximum absolute atomic E-state index is 11.7. The molecule has 0 aliphatic heterocycles. The molecule has 0 bridgehead atoms. The van der Waals surface area contributed by atoms with Crippen LogP contribution >= 0.6 is 15.9 Å². The van der Waals surface area contributed by atoms with E-state index < -0.39 is 0 Å². The van der Waals surface area contributed by atoms with Crippen molar-refractivity contribution in [2.75, 3.05) is 6.73 Å². The third kappa shape index (κ3) is 6.32. The minimum Gasteiger partial charge on any atom is -0.473 e. The van der Waals surface area contributed by atoms with Gasteiger partial charge in [-0.1, -0.05) is 53.5 Å². The maximum Gasteiger partial charge on any atom is 0.317 e. The molecule has 23 heavy (non-hydrogen) atoms. The number of nitrogens with one attached hydrogen (secondary N) is 2. The van der Waals surface area contributed by atoms with E-state index >= 15 is 0 Å². The Hall–Kier alpha value is -2.01. The molecule has 0 spiro atoms. The number of ether oxygens (including phenoxy) is 1. The van der Waals surface area contributed by atoms with Crippen LogP contribution in [-0.4, -0.2) is 12.8 Å². The molecule has 0 aromatic heterocycles. The molecule has 2 amide bonds. The summed E-state index contributed by atoms with van der Waals surface area (Å²) in [5.41, 5.74) is 2.33. The lowest BCUT2D eigenvalue weighted by Crippen LogP contribution is -2.37. The fourth-order valence-corrected chi connectivity index (χ4v) is 2.34. The van der Waals surface area contributed by atoms with Gasteiger partial charge in [-0.25, -0.2) is 4.79 Å². The predicted molar refractivity (Wildman–Crippen MR) is 95.4 cm³/mol. The summed E-state index contributed by atoms with van der Waals surface area (Å²) in [7, 11) is 0. The van der Waals surface area contributed by atoms with Gasteiger partial charge in [0.15, 0.2) is 6.73 Å². The first-order valence-electron chi connectivity index (χ1n) is 7.65. The van der Waals surface area contributed by atoms with Gasteiger partial charge >= 0.3 is 6.03 Å². The third-order valence-electron chi connectivity index (χ3n) is 3.30. The van der Waals surface area contributed by atoms with Crippen LogP contribution in [0.1, 0.15) is 24.5 Å². The van der Waals surface area contributed by atoms with Gasteiger partial charge in [0.05, 0.1) is 0 Å². The van der Waals surface area contributed by atoms with Crippen molar-refractivity contribution in [3.05, 3.63) is 64.1 Å². The van der Waals surface area contributed by atoms with Crippen LogP contribution in [0.15, 0.2) is 53.0 Å². The first-order chi connectivity index (χ1) is 11.2. The molecule has 2 aromatic rings. The second kappa shape index (κ2) is 9.20. The molecular weight excluding hydrogens is 356 g/mol. The monoisotopic (exact) mass is 376 g/mol. The zero-order valence-electron chi connectivity index (χ0n) is 13.1. The zero-order valence-corrected chi connectivity index (χ0v) is 14.7. The molecular formula is C18H21BrN2O2. The highest BCUT2D eigenvalue weighted by atomic mass is 79.9. The van der Waals surface area contributed by atoms with E-state index in [0.29, 0.717) is 6.54 Å². The molecule has 122 valence electrons. The number of halogens is 1. The molecule has 2 aromatic carbocycles. The van der Waals surface area contributed by atoms with Gasteiger partial charge in [-0.05, 0) is 41.8 Å². The smallest absolute Gasteiger partial charge is 0.317 e. The minimum absolute atomic E-state index is 0.138. The number of aryl methyl sites for hydroxylation is 1. The molecule has 2 rings (SSSR count). The molecule has 0 aliphatic rings. The largest absolute Gasteiger partial charge is 0.473 e. The highest BCUT2D eigenvalue weighted by Crippen LogP contribution is 2.13. The van der Waals surface area contributed by atoms with Gasteiger partial charge in [-0.15, -0.1) is 0 Å². The first kappa shape index (κ1) is 17.3. The molecule has 0 saturated carbocycles. The highest BCUT2D eigenvalue weighted by Gasteiger charge is 2.01. The van der Waals surface area contributed by atoms with E-state index in [2.05, 4.69) is 33.5 Å². The van der Waals surface area contributed by atoms with Crippen molar-refractivity contribution in [3.8, 4) is 5.75 Å². The molecule has 0 heterocycles. The average Bonchev–Trinajstić information content (AvgIpc) is 2.56. The molecule has 0 saturated heterocycles. The number of hydrogen-bond donors (Lipinski definition) is 2. The van der Waals surface area contributed by atoms with E-state index in [4.69, 9.17) is 4.74 Å². The lowest BCUT2D eigenvalue weighted by Gasteiger charge is -2.10. The summed E-state index contributed by atoms with van der Waals surface area (Å²) in [5.74, 6) is 0.748. The Morgan fingerprint density at radius 3 is 2.30 bits per heavy atom. The van der Waals surface area contributed by atoms with Crippen LogP contribution in [-0.2, 0) is 13.0 Å². The maximum atomic E-state index is 11.7. The van der Waals surface area contributed by atoms with Crippen LogP contribution in [0.3, 0.4) is 0 Å². The Kier molecular flexibility index (Phi) is 6.94. The minimum atomic E-state index is -0.254. The van der Waals surface area contributed by atoms with Gasteiger partial charge in [0.1, 0.15) is 5.75 Å². The van der Waals surface area contributed by atoms with E-state index in [1.54, 1.807) is 0 Å². The Bertz CT molecular complexity index is 612. The Labute approximate surface area is 145 Å². The fraction of sp³-hybridized carbons (Fsp3) is 0.278. The summed E-state index contributed by atoms with van der Waals surface area (Å²) in [6, 6.07) is 15.5. The Morgan fingerprint density at radius 2 is 1.65 bits per heavy atom. The summed E-state index contributed by atoms with van der Waals surface area (Å²) in [6.07, 6.45) is 2.19. The van der Waals surface area contributed by atoms with Crippen molar-refractivity contribution in [3.63, 3.8) is 0 Å². The molecule has 0 unspecified atom stereocenters. The fourth-order valence-electron chi connectivity index (χ4n) is 2.07. The summed E-state index contributed by atoms with van der Waals surface area (Å²) in [6.45, 7) is 2.77. The van der Waals surface area contributed by atoms with E-state index in [9.17, 15) is 4.79 Å². The molecule has 0 aliphatic carbocycles. The second-order valence-electron chi connectivity index (χ2n) is 5.17. The standard InChI is InChI=1S/C18H21BrN2O2/c1-2-3-14-6-10-17(11-7-14)23-13-21-18(22)20-12-15-4-8-16(19)9-5-15/h4-11H,2-3,12-13H2,1H3,(H2,20,21,22). The number of amides is 2. The van der Waals surface area contributed by atoms with Crippen molar-refractivity contribution in [1.29, 1.82) is 0 Å². The molecule has 0 atom stereocenters. The van der Waals surface area contributed by atoms with Crippen molar-refractivity contribution >= 4 is 22.0 Å². The number of benzene rings is 2. The predicted octanol–water partition coefficient (Wildman–Crippen LogP) is 4.24. The number of urea groups is 1. The van der Waals surface area contributed by atoms with Gasteiger partial charge in [-0.3, -0.25) is 0 Å². The summed E-state index contributed by atoms with van der Waals surface area (Å²) in [4.78, 5) is 11.7. The van der Waals surface area contributed by atoms with Gasteiger partial charge in [0, 0.05) is 11.0 Å². The Balaban J connectivity index is 1.67. The molecule has 5 heteroatoms. The van der Waals surface area contributed by atoms with E-state index in [-0.39, 0.29) is 12.8 Å². The van der Waals surface area contributed by atoms with Gasteiger partial charge < -0.3 is 15.4 Å². The van der Waals surface area contributed by atoms with E-state index in [1.165, 1.54) is 5.56 Å². The third-order valence-corrected chi connectivity index (χ3v) is 3.83. The quantitative estimate of drug-likeness (QED) is 0.710. The summed E-state index contributed by atoms with van der Waals surface area (Å²) >= 11 is 3.38. The molecule has 0 radical (unpaired) electrons. The SMILES string of the molecule is CCCc1ccc(OCNC(=O)NCc2ccc(Br)cc2)cc1. The van der Waals surface area contributed by atoms with Crippen LogP contribution in [0.4, 0.5) is 4.79 Å². The van der Waals surface area contributed by atoms with Gasteiger partial charge in [0.25, 0.3) is 0 Å². The topological polar surface area (TPSA) is 50.4 Å². The summed E-state index contributed by atoms with van der Waals surface area (Å²) < 4.78 is 6.52. The van der Waals surface area contributed by atoms with Crippen molar-refractivity contribution in [2.45, 2.75) is 26.3 Å². The zero-order chi connectivity index (χ0) is 16.5. The van der Waals surface area contributed by atoms with Gasteiger partial charge in [0.2, 0.25) is 0 Å². The van der Waals surface area contributed by atoms with Crippen LogP contribution in [0, 0.1) is 0 Å². The number of rotatable bonds is 7. The molecule has 4 nitrogen and oxygen atoms in total. The van der Waals surface area contributed by atoms with Crippen molar-refractivity contribution in [1.82, 2.24) is 10.6 Å². The number of carbonyl (C=O) groups is 1. The van der Waals surface area contributed by atoms with Gasteiger partial charge in [-0.2, -0.15) is 0 Å². The highest BCUT2D eigenvalue weighted by molar-refractivity contribution is 9.10. The summed E-state index contributed by atoms with van der Waals surface area (Å²) in [5, 5.41) is 5.46. The van der Waals surface area contributed by atoms with Crippen LogP contribution in [0.2, 0.25) is 0 Å². The number of carbonyl (C=O) groups excluding carboxylic acids is 1. The van der Waals surface area contributed by atoms with E-state index in [0.717, 1.165) is 28.6 Å². The van der Waals surface area contributed by atoms with Crippen molar-refractivity contribution < 1.29 is 9.53 Å². The first-order valence-corrected chi connectivity index (χ1v) is 8.44. The molecule has 0 fully saturated rings.